The second kappa shape index (κ2) is 6.90. The molecule has 2 heteroatoms. The molecule has 2 saturated carbocycles. The lowest BCUT2D eigenvalue weighted by Gasteiger charge is -2.34. The van der Waals surface area contributed by atoms with Crippen LogP contribution in [0, 0.1) is 58.3 Å². The van der Waals surface area contributed by atoms with Gasteiger partial charge in [0.1, 0.15) is 0 Å². The van der Waals surface area contributed by atoms with E-state index in [9.17, 15) is 0 Å². The summed E-state index contributed by atoms with van der Waals surface area (Å²) in [5, 5.41) is 0. The topological polar surface area (TPSA) is 24.7 Å². The number of benzene rings is 2. The first-order valence-corrected chi connectivity index (χ1v) is 11.3. The number of fused-ring (bicyclic) bond motifs is 2. The van der Waals surface area contributed by atoms with Gasteiger partial charge in [-0.3, -0.25) is 9.98 Å². The van der Waals surface area contributed by atoms with Crippen molar-refractivity contribution >= 4 is 22.8 Å². The number of hydrogen-bond acceptors (Lipinski definition) is 2. The zero-order chi connectivity index (χ0) is 22.0. The molecule has 0 N–H and O–H groups in total. The first-order chi connectivity index (χ1) is 14.0. The van der Waals surface area contributed by atoms with Gasteiger partial charge in [0.2, 0.25) is 0 Å². The van der Waals surface area contributed by atoms with Crippen LogP contribution in [0.25, 0.3) is 0 Å². The highest BCUT2D eigenvalue weighted by Gasteiger charge is 2.63. The van der Waals surface area contributed by atoms with Crippen LogP contribution in [-0.4, -0.2) is 11.4 Å². The lowest BCUT2D eigenvalue weighted by atomic mass is 9.70. The molecule has 2 nitrogen and oxygen atoms in total. The predicted octanol–water partition coefficient (Wildman–Crippen LogP) is 7.84. The minimum atomic E-state index is 0.0623. The molecule has 0 aromatic heterocycles. The fourth-order valence-corrected chi connectivity index (χ4v) is 6.09. The molecule has 2 bridgehead atoms. The summed E-state index contributed by atoms with van der Waals surface area (Å²) in [6.07, 6.45) is 2.40. The Bertz CT molecular complexity index is 1050. The maximum absolute atomic E-state index is 5.39. The molecular formula is C28H36N2. The summed E-state index contributed by atoms with van der Waals surface area (Å²) in [5.74, 6) is 0.465. The highest BCUT2D eigenvalue weighted by Crippen LogP contribution is 2.63. The van der Waals surface area contributed by atoms with Crippen LogP contribution in [0.2, 0.25) is 0 Å². The van der Waals surface area contributed by atoms with Gasteiger partial charge in [0, 0.05) is 11.3 Å². The summed E-state index contributed by atoms with van der Waals surface area (Å²) in [7, 11) is 0. The third kappa shape index (κ3) is 2.99. The molecule has 2 aliphatic rings. The third-order valence-electron chi connectivity index (χ3n) is 8.05. The van der Waals surface area contributed by atoms with Crippen molar-refractivity contribution in [1.82, 2.24) is 0 Å². The van der Waals surface area contributed by atoms with Crippen molar-refractivity contribution in [2.75, 3.05) is 0 Å². The van der Waals surface area contributed by atoms with Gasteiger partial charge in [-0.25, -0.2) is 0 Å². The standard InChI is InChI=1S/C28H36N2/c1-16-12-18(3)23(19(4)13-16)29-25-22-10-11-28(9,27(22,7)8)26(25)30-24-20(5)14-17(2)15-21(24)6/h12-15,22H,10-11H2,1-9H3. The zero-order valence-electron chi connectivity index (χ0n) is 20.2. The molecule has 0 saturated heterocycles. The Labute approximate surface area is 182 Å². The van der Waals surface area contributed by atoms with Crippen molar-refractivity contribution in [1.29, 1.82) is 0 Å². The molecule has 0 heterocycles. The molecule has 0 amide bonds. The Morgan fingerprint density at radius 2 is 1.13 bits per heavy atom. The fourth-order valence-electron chi connectivity index (χ4n) is 6.09. The van der Waals surface area contributed by atoms with Crippen LogP contribution in [0.1, 0.15) is 67.0 Å². The first kappa shape index (κ1) is 21.0. The summed E-state index contributed by atoms with van der Waals surface area (Å²) < 4.78 is 0. The second-order valence-corrected chi connectivity index (χ2v) is 10.6. The van der Waals surface area contributed by atoms with Gasteiger partial charge in [-0.15, -0.1) is 0 Å². The number of rotatable bonds is 2. The highest BCUT2D eigenvalue weighted by atomic mass is 14.9. The summed E-state index contributed by atoms with van der Waals surface area (Å²) in [4.78, 5) is 10.8. The van der Waals surface area contributed by atoms with E-state index in [1.165, 1.54) is 57.6 Å². The quantitative estimate of drug-likeness (QED) is 0.490. The van der Waals surface area contributed by atoms with Crippen LogP contribution in [-0.2, 0) is 0 Å². The van der Waals surface area contributed by atoms with E-state index in [4.69, 9.17) is 9.98 Å². The molecular weight excluding hydrogens is 364 g/mol. The smallest absolute Gasteiger partial charge is 0.0693 e. The Balaban J connectivity index is 1.96. The molecule has 0 aliphatic heterocycles. The predicted molar refractivity (Wildman–Crippen MR) is 130 cm³/mol. The molecule has 2 aliphatic carbocycles. The van der Waals surface area contributed by atoms with Crippen LogP contribution in [0.4, 0.5) is 11.4 Å². The van der Waals surface area contributed by atoms with Gasteiger partial charge in [-0.1, -0.05) is 56.2 Å². The maximum atomic E-state index is 5.39. The van der Waals surface area contributed by atoms with E-state index in [0.717, 1.165) is 11.4 Å². The van der Waals surface area contributed by atoms with Gasteiger partial charge < -0.3 is 0 Å². The Morgan fingerprint density at radius 3 is 1.60 bits per heavy atom. The van der Waals surface area contributed by atoms with Gasteiger partial charge >= 0.3 is 0 Å². The molecule has 30 heavy (non-hydrogen) atoms. The zero-order valence-corrected chi connectivity index (χ0v) is 20.2. The lowest BCUT2D eigenvalue weighted by molar-refractivity contribution is 0.208. The normalized spacial score (nSPS) is 27.4. The molecule has 4 rings (SSSR count). The molecule has 2 aromatic carbocycles. The average Bonchev–Trinajstić information content (AvgIpc) is 2.93. The largest absolute Gasteiger partial charge is 0.251 e. The van der Waals surface area contributed by atoms with Crippen LogP contribution in [0.5, 0.6) is 0 Å². The van der Waals surface area contributed by atoms with E-state index in [1.54, 1.807) is 0 Å². The summed E-state index contributed by atoms with van der Waals surface area (Å²) in [6.45, 7) is 20.3. The second-order valence-electron chi connectivity index (χ2n) is 10.6. The summed E-state index contributed by atoms with van der Waals surface area (Å²) in [6, 6.07) is 8.99. The van der Waals surface area contributed by atoms with Crippen LogP contribution in [0.3, 0.4) is 0 Å². The van der Waals surface area contributed by atoms with Crippen molar-refractivity contribution in [3.05, 3.63) is 57.6 Å². The molecule has 2 atom stereocenters. The van der Waals surface area contributed by atoms with Gasteiger partial charge in [0.25, 0.3) is 0 Å². The Hall–Kier alpha value is -2.22. The van der Waals surface area contributed by atoms with E-state index < -0.39 is 0 Å². The molecule has 2 fully saturated rings. The average molecular weight is 401 g/mol. The van der Waals surface area contributed by atoms with Gasteiger partial charge in [0.05, 0.1) is 22.8 Å². The molecule has 158 valence electrons. The van der Waals surface area contributed by atoms with E-state index in [2.05, 4.69) is 86.6 Å². The first-order valence-electron chi connectivity index (χ1n) is 11.3. The van der Waals surface area contributed by atoms with Crippen molar-refractivity contribution in [2.24, 2.45) is 26.7 Å². The Kier molecular flexibility index (Phi) is 4.84. The summed E-state index contributed by atoms with van der Waals surface area (Å²) >= 11 is 0. The minimum absolute atomic E-state index is 0.0623. The van der Waals surface area contributed by atoms with E-state index in [1.807, 2.05) is 0 Å². The van der Waals surface area contributed by atoms with Gasteiger partial charge in [-0.05, 0) is 82.1 Å². The van der Waals surface area contributed by atoms with Gasteiger partial charge in [-0.2, -0.15) is 0 Å². The van der Waals surface area contributed by atoms with Crippen LogP contribution < -0.4 is 0 Å². The maximum Gasteiger partial charge on any atom is 0.0693 e. The third-order valence-corrected chi connectivity index (χ3v) is 8.05. The monoisotopic (exact) mass is 400 g/mol. The highest BCUT2D eigenvalue weighted by molar-refractivity contribution is 6.48. The number of aryl methyl sites for hydroxylation is 6. The Morgan fingerprint density at radius 1 is 0.700 bits per heavy atom. The van der Waals surface area contributed by atoms with Crippen molar-refractivity contribution in [3.8, 4) is 0 Å². The van der Waals surface area contributed by atoms with Crippen molar-refractivity contribution < 1.29 is 0 Å². The van der Waals surface area contributed by atoms with E-state index in [0.29, 0.717) is 5.92 Å². The van der Waals surface area contributed by atoms with Crippen molar-refractivity contribution in [3.63, 3.8) is 0 Å². The van der Waals surface area contributed by atoms with Crippen LogP contribution in [0.15, 0.2) is 34.3 Å². The fraction of sp³-hybridized carbons (Fsp3) is 0.500. The van der Waals surface area contributed by atoms with E-state index in [-0.39, 0.29) is 10.8 Å². The molecule has 2 unspecified atom stereocenters. The lowest BCUT2D eigenvalue weighted by Crippen LogP contribution is -2.33. The molecule has 2 aromatic rings. The number of aliphatic imine (C=N–C) groups is 2. The SMILES string of the molecule is Cc1cc(C)c(N=C2C(=Nc3c(C)cc(C)cc3C)C3(C)CCC2C3(C)C)c(C)c1. The van der Waals surface area contributed by atoms with Gasteiger partial charge in [0.15, 0.2) is 0 Å². The van der Waals surface area contributed by atoms with Crippen molar-refractivity contribution in [2.45, 2.75) is 75.2 Å². The number of nitrogens with zero attached hydrogens (tertiary/aromatic N) is 2. The summed E-state index contributed by atoms with van der Waals surface area (Å²) in [5.41, 5.74) is 12.6. The van der Waals surface area contributed by atoms with Crippen LogP contribution >= 0.6 is 0 Å². The van der Waals surface area contributed by atoms with E-state index >= 15 is 0 Å². The molecule has 0 radical (unpaired) electrons. The molecule has 0 spiro atoms. The minimum Gasteiger partial charge on any atom is -0.251 e. The number of hydrogen-bond donors (Lipinski definition) is 0.